The molecule has 0 atom stereocenters. The van der Waals surface area contributed by atoms with E-state index < -0.39 is 5.82 Å². The van der Waals surface area contributed by atoms with Gasteiger partial charge in [-0.1, -0.05) is 0 Å². The number of nitrogens with two attached hydrogens (primary N) is 1. The van der Waals surface area contributed by atoms with Crippen LogP contribution in [0.3, 0.4) is 0 Å². The first-order chi connectivity index (χ1) is 7.61. The van der Waals surface area contributed by atoms with Crippen molar-refractivity contribution in [1.29, 1.82) is 0 Å². The van der Waals surface area contributed by atoms with Crippen molar-refractivity contribution >= 4 is 27.9 Å². The highest BCUT2D eigenvalue weighted by Gasteiger charge is 2.09. The highest BCUT2D eigenvalue weighted by molar-refractivity contribution is 9.10. The minimum absolute atomic E-state index is 0.0941. The Bertz CT molecular complexity index is 530. The molecule has 0 aliphatic heterocycles. The molecule has 2 rings (SSSR count). The largest absolute Gasteiger partial charge is 0.398 e. The van der Waals surface area contributed by atoms with Crippen LogP contribution in [-0.2, 0) is 0 Å². The molecule has 2 N–H and O–H groups in total. The van der Waals surface area contributed by atoms with Gasteiger partial charge in [0.1, 0.15) is 5.82 Å². The van der Waals surface area contributed by atoms with Crippen molar-refractivity contribution in [2.24, 2.45) is 0 Å². The molecule has 0 amide bonds. The Hall–Kier alpha value is -1.69. The molecule has 0 unspecified atom stereocenters. The number of aromatic nitrogens is 2. The van der Waals surface area contributed by atoms with E-state index >= 15 is 0 Å². The average Bonchev–Trinajstić information content (AvgIpc) is 2.64. The Morgan fingerprint density at radius 2 is 2.25 bits per heavy atom. The van der Waals surface area contributed by atoms with Crippen LogP contribution >= 0.6 is 15.9 Å². The fraction of sp³-hybridized carbons (Fsp3) is 0. The number of benzene rings is 1. The quantitative estimate of drug-likeness (QED) is 0.679. The minimum atomic E-state index is -0.656. The number of anilines is 1. The smallest absolute Gasteiger partial charge is 0.155 e. The van der Waals surface area contributed by atoms with Crippen molar-refractivity contribution in [3.05, 3.63) is 40.4 Å². The molecule has 0 bridgehead atoms. The van der Waals surface area contributed by atoms with Crippen molar-refractivity contribution in [3.8, 4) is 5.69 Å². The first-order valence-corrected chi connectivity index (χ1v) is 5.16. The number of carbonyl (C=O) groups excluding carboxylic acids is 1. The zero-order chi connectivity index (χ0) is 11.7. The second-order valence-electron chi connectivity index (χ2n) is 3.15. The zero-order valence-corrected chi connectivity index (χ0v) is 9.61. The Morgan fingerprint density at radius 1 is 1.50 bits per heavy atom. The Morgan fingerprint density at radius 3 is 2.75 bits per heavy atom. The molecular formula is C10H7BrFN3O. The van der Waals surface area contributed by atoms with Gasteiger partial charge >= 0.3 is 0 Å². The van der Waals surface area contributed by atoms with Crippen molar-refractivity contribution < 1.29 is 9.18 Å². The molecule has 0 spiro atoms. The van der Waals surface area contributed by atoms with E-state index in [1.165, 1.54) is 16.8 Å². The van der Waals surface area contributed by atoms with E-state index in [1.54, 1.807) is 12.4 Å². The lowest BCUT2D eigenvalue weighted by atomic mass is 10.1. The van der Waals surface area contributed by atoms with Crippen LogP contribution in [0.2, 0.25) is 0 Å². The highest BCUT2D eigenvalue weighted by atomic mass is 79.9. The molecule has 1 aromatic carbocycles. The number of nitrogen functional groups attached to an aromatic ring is 1. The van der Waals surface area contributed by atoms with Gasteiger partial charge in [-0.3, -0.25) is 4.79 Å². The summed E-state index contributed by atoms with van der Waals surface area (Å²) in [6.45, 7) is 0. The van der Waals surface area contributed by atoms with Crippen LogP contribution < -0.4 is 5.73 Å². The van der Waals surface area contributed by atoms with E-state index in [2.05, 4.69) is 21.0 Å². The maximum atomic E-state index is 13.4. The molecule has 0 radical (unpaired) electrons. The number of rotatable bonds is 2. The third-order valence-corrected chi connectivity index (χ3v) is 2.49. The standard InChI is InChI=1S/C10H7BrFN3O/c11-6-3-14-15(4-6)7-1-9(12)8(5-16)10(13)2-7/h1-5H,13H2. The van der Waals surface area contributed by atoms with Crippen LogP contribution in [0.25, 0.3) is 5.69 Å². The monoisotopic (exact) mass is 283 g/mol. The van der Waals surface area contributed by atoms with Crippen LogP contribution in [0.4, 0.5) is 10.1 Å². The van der Waals surface area contributed by atoms with Crippen molar-refractivity contribution in [2.75, 3.05) is 5.73 Å². The third kappa shape index (κ3) is 1.83. The summed E-state index contributed by atoms with van der Waals surface area (Å²) in [6, 6.07) is 2.70. The van der Waals surface area contributed by atoms with Gasteiger partial charge in [0, 0.05) is 18.0 Å². The molecule has 82 valence electrons. The van der Waals surface area contributed by atoms with Crippen molar-refractivity contribution in [2.45, 2.75) is 0 Å². The summed E-state index contributed by atoms with van der Waals surface area (Å²) < 4.78 is 15.7. The number of nitrogens with zero attached hydrogens (tertiary/aromatic N) is 2. The van der Waals surface area contributed by atoms with Crippen LogP contribution in [0.1, 0.15) is 10.4 Å². The van der Waals surface area contributed by atoms with Crippen LogP contribution in [0.15, 0.2) is 29.0 Å². The van der Waals surface area contributed by atoms with Gasteiger partial charge in [-0.25, -0.2) is 9.07 Å². The summed E-state index contributed by atoms with van der Waals surface area (Å²) in [5, 5.41) is 3.98. The second-order valence-corrected chi connectivity index (χ2v) is 4.07. The summed E-state index contributed by atoms with van der Waals surface area (Å²) in [7, 11) is 0. The summed E-state index contributed by atoms with van der Waals surface area (Å²) in [5.41, 5.74) is 5.98. The fourth-order valence-electron chi connectivity index (χ4n) is 1.32. The van der Waals surface area contributed by atoms with E-state index in [1.807, 2.05) is 0 Å². The van der Waals surface area contributed by atoms with Crippen LogP contribution in [0, 0.1) is 5.82 Å². The molecule has 0 aliphatic rings. The lowest BCUT2D eigenvalue weighted by Gasteiger charge is -2.05. The van der Waals surface area contributed by atoms with Gasteiger partial charge in [0.05, 0.1) is 21.9 Å². The van der Waals surface area contributed by atoms with E-state index in [9.17, 15) is 9.18 Å². The van der Waals surface area contributed by atoms with E-state index in [0.717, 1.165) is 4.47 Å². The lowest BCUT2D eigenvalue weighted by molar-refractivity contribution is 0.112. The lowest BCUT2D eigenvalue weighted by Crippen LogP contribution is -2.02. The predicted molar refractivity (Wildman–Crippen MR) is 61.0 cm³/mol. The van der Waals surface area contributed by atoms with Gasteiger partial charge in [-0.15, -0.1) is 0 Å². The zero-order valence-electron chi connectivity index (χ0n) is 8.02. The number of hydrogen-bond acceptors (Lipinski definition) is 3. The number of carbonyl (C=O) groups is 1. The first-order valence-electron chi connectivity index (χ1n) is 4.36. The molecule has 0 saturated carbocycles. The number of halogens is 2. The van der Waals surface area contributed by atoms with Gasteiger partial charge in [0.15, 0.2) is 6.29 Å². The second kappa shape index (κ2) is 4.05. The van der Waals surface area contributed by atoms with Gasteiger partial charge < -0.3 is 5.73 Å². The van der Waals surface area contributed by atoms with E-state index in [0.29, 0.717) is 12.0 Å². The van der Waals surface area contributed by atoms with E-state index in [-0.39, 0.29) is 11.3 Å². The maximum Gasteiger partial charge on any atom is 0.155 e. The minimum Gasteiger partial charge on any atom is -0.398 e. The molecule has 2 aromatic rings. The van der Waals surface area contributed by atoms with Gasteiger partial charge in [-0.05, 0) is 22.0 Å². The molecular weight excluding hydrogens is 277 g/mol. The van der Waals surface area contributed by atoms with Gasteiger partial charge in [0.25, 0.3) is 0 Å². The van der Waals surface area contributed by atoms with Crippen LogP contribution in [0.5, 0.6) is 0 Å². The highest BCUT2D eigenvalue weighted by Crippen LogP contribution is 2.20. The molecule has 1 aromatic heterocycles. The number of hydrogen-bond donors (Lipinski definition) is 1. The van der Waals surface area contributed by atoms with Gasteiger partial charge in [0.2, 0.25) is 0 Å². The molecule has 0 saturated heterocycles. The molecule has 16 heavy (non-hydrogen) atoms. The molecule has 1 heterocycles. The van der Waals surface area contributed by atoms with Crippen molar-refractivity contribution in [1.82, 2.24) is 9.78 Å². The Labute approximate surface area is 99.0 Å². The summed E-state index contributed by atoms with van der Waals surface area (Å²) in [6.07, 6.45) is 3.63. The SMILES string of the molecule is Nc1cc(-n2cc(Br)cn2)cc(F)c1C=O. The normalized spacial score (nSPS) is 10.4. The topological polar surface area (TPSA) is 60.9 Å². The summed E-state index contributed by atoms with van der Waals surface area (Å²) >= 11 is 3.23. The average molecular weight is 284 g/mol. The molecule has 4 nitrogen and oxygen atoms in total. The fourth-order valence-corrected chi connectivity index (χ4v) is 1.61. The molecule has 0 fully saturated rings. The first kappa shape index (κ1) is 10.8. The van der Waals surface area contributed by atoms with E-state index in [4.69, 9.17) is 5.73 Å². The number of aldehydes is 1. The maximum absolute atomic E-state index is 13.4. The Kier molecular flexibility index (Phi) is 2.74. The summed E-state index contributed by atoms with van der Waals surface area (Å²) in [4.78, 5) is 10.6. The van der Waals surface area contributed by atoms with Crippen LogP contribution in [-0.4, -0.2) is 16.1 Å². The summed E-state index contributed by atoms with van der Waals surface area (Å²) in [5.74, 6) is -0.656. The predicted octanol–water partition coefficient (Wildman–Crippen LogP) is 2.17. The van der Waals surface area contributed by atoms with Crippen molar-refractivity contribution in [3.63, 3.8) is 0 Å². The molecule has 0 aliphatic carbocycles. The van der Waals surface area contributed by atoms with Gasteiger partial charge in [-0.2, -0.15) is 5.10 Å². The Balaban J connectivity index is 2.56. The molecule has 6 heteroatoms. The third-order valence-electron chi connectivity index (χ3n) is 2.08.